The Kier molecular flexibility index (Phi) is 6.93. The molecule has 1 unspecified atom stereocenters. The van der Waals surface area contributed by atoms with Gasteiger partial charge in [0, 0.05) is 18.8 Å². The number of carbonyl (C=O) groups is 2. The molecule has 3 aromatic rings. The van der Waals surface area contributed by atoms with Crippen LogP contribution >= 0.6 is 15.9 Å². The second-order valence-electron chi connectivity index (χ2n) is 11.9. The minimum absolute atomic E-state index is 0.0190. The molecular weight excluding hydrogens is 640 g/mol. The van der Waals surface area contributed by atoms with Crippen LogP contribution in [0.2, 0.25) is 0 Å². The van der Waals surface area contributed by atoms with E-state index in [-0.39, 0.29) is 34.6 Å². The number of nitrogens with zero attached hydrogens (tertiary/aromatic N) is 5. The summed E-state index contributed by atoms with van der Waals surface area (Å²) in [6.07, 6.45) is -2.66. The number of benzene rings is 1. The molecule has 0 spiro atoms. The first-order valence-electron chi connectivity index (χ1n) is 13.6. The van der Waals surface area contributed by atoms with Gasteiger partial charge in [0.05, 0.1) is 29.5 Å². The molecule has 15 heteroatoms. The fourth-order valence-corrected chi connectivity index (χ4v) is 6.56. The number of anilines is 2. The molecule has 2 aromatic heterocycles. The van der Waals surface area contributed by atoms with E-state index in [0.29, 0.717) is 54.0 Å². The first-order chi connectivity index (χ1) is 20.1. The van der Waals surface area contributed by atoms with Gasteiger partial charge >= 0.3 is 12.3 Å². The summed E-state index contributed by atoms with van der Waals surface area (Å²) < 4.78 is 60.9. The van der Waals surface area contributed by atoms with E-state index in [1.54, 1.807) is 30.2 Å². The average Bonchev–Trinajstić information content (AvgIpc) is 2.89. The topological polar surface area (TPSA) is 110 Å². The van der Waals surface area contributed by atoms with Gasteiger partial charge in [-0.1, -0.05) is 0 Å². The number of fused-ring (bicyclic) bond motifs is 3. The number of aromatic nitrogens is 3. The van der Waals surface area contributed by atoms with E-state index in [9.17, 15) is 31.9 Å². The second-order valence-corrected chi connectivity index (χ2v) is 12.8. The molecule has 10 nitrogen and oxygen atoms in total. The van der Waals surface area contributed by atoms with Crippen molar-refractivity contribution in [1.29, 1.82) is 0 Å². The summed E-state index contributed by atoms with van der Waals surface area (Å²) >= 11 is 3.25. The molecule has 228 valence electrons. The van der Waals surface area contributed by atoms with E-state index in [0.717, 1.165) is 6.07 Å². The van der Waals surface area contributed by atoms with E-state index in [2.05, 4.69) is 31.2 Å². The summed E-state index contributed by atoms with van der Waals surface area (Å²) in [6.45, 7) is 5.70. The lowest BCUT2D eigenvalue weighted by atomic mass is 9.67. The molecule has 1 aliphatic carbocycles. The van der Waals surface area contributed by atoms with Crippen LogP contribution in [0.15, 0.2) is 33.8 Å². The predicted octanol–water partition coefficient (Wildman–Crippen LogP) is 4.72. The van der Waals surface area contributed by atoms with Crippen molar-refractivity contribution >= 4 is 50.5 Å². The van der Waals surface area contributed by atoms with Crippen LogP contribution in [0.25, 0.3) is 11.2 Å². The van der Waals surface area contributed by atoms with Crippen molar-refractivity contribution in [3.63, 3.8) is 0 Å². The zero-order valence-electron chi connectivity index (χ0n) is 23.3. The number of piperazine rings is 1. The van der Waals surface area contributed by atoms with Crippen LogP contribution < -0.4 is 15.6 Å². The number of alkyl halides is 3. The van der Waals surface area contributed by atoms with Gasteiger partial charge < -0.3 is 24.4 Å². The first kappa shape index (κ1) is 29.3. The zero-order chi connectivity index (χ0) is 31.0. The maximum absolute atomic E-state index is 14.5. The van der Waals surface area contributed by atoms with Gasteiger partial charge in [-0.05, 0) is 73.7 Å². The molecule has 4 heterocycles. The Hall–Kier alpha value is -3.75. The van der Waals surface area contributed by atoms with Crippen molar-refractivity contribution < 1.29 is 31.9 Å². The maximum atomic E-state index is 14.5. The third-order valence-electron chi connectivity index (χ3n) is 8.02. The molecule has 1 saturated heterocycles. The molecule has 2 fully saturated rings. The Balaban J connectivity index is 1.35. The van der Waals surface area contributed by atoms with Gasteiger partial charge in [0.1, 0.15) is 28.3 Å². The van der Waals surface area contributed by atoms with Crippen LogP contribution in [0.4, 0.5) is 33.7 Å². The number of pyridine rings is 1. The quantitative estimate of drug-likeness (QED) is 0.403. The minimum Gasteiger partial charge on any atom is -0.444 e. The molecule has 0 bridgehead atoms. The Morgan fingerprint density at radius 3 is 2.60 bits per heavy atom. The number of hydrogen-bond donors (Lipinski definition) is 1. The monoisotopic (exact) mass is 666 g/mol. The zero-order valence-corrected chi connectivity index (χ0v) is 24.9. The number of ether oxygens (including phenoxy) is 1. The van der Waals surface area contributed by atoms with Crippen molar-refractivity contribution in [2.24, 2.45) is 5.92 Å². The number of hydrogen-bond acceptors (Lipinski definition) is 7. The SMILES string of the molecule is CC(C)(C)OC(=O)N1CCN2c3c(n(CC(=O)Nc4ccc(C(F)(F)F)cc4F)c4ncc(Br)nc4c3=O)CC3C[C@H]1[C@H]32. The number of rotatable bonds is 3. The van der Waals surface area contributed by atoms with Gasteiger partial charge in [-0.25, -0.2) is 19.2 Å². The van der Waals surface area contributed by atoms with E-state index < -0.39 is 47.4 Å². The van der Waals surface area contributed by atoms with E-state index in [1.165, 1.54) is 6.20 Å². The molecule has 1 N–H and O–H groups in total. The van der Waals surface area contributed by atoms with Gasteiger partial charge in [0.15, 0.2) is 11.2 Å². The highest BCUT2D eigenvalue weighted by Crippen LogP contribution is 2.47. The smallest absolute Gasteiger partial charge is 0.416 e. The summed E-state index contributed by atoms with van der Waals surface area (Å²) in [5.41, 5.74) is -1.51. The first-order valence-corrected chi connectivity index (χ1v) is 14.4. The summed E-state index contributed by atoms with van der Waals surface area (Å²) in [6, 6.07) is 1.59. The van der Waals surface area contributed by atoms with Crippen LogP contribution in [0.3, 0.4) is 0 Å². The molecule has 2 aliphatic heterocycles. The molecule has 3 aliphatic rings. The minimum atomic E-state index is -4.74. The summed E-state index contributed by atoms with van der Waals surface area (Å²) in [5, 5.41) is 2.34. The maximum Gasteiger partial charge on any atom is 0.416 e. The number of halogens is 5. The summed E-state index contributed by atoms with van der Waals surface area (Å²) in [4.78, 5) is 52.4. The van der Waals surface area contributed by atoms with Crippen LogP contribution in [0.1, 0.15) is 38.4 Å². The number of amides is 2. The molecule has 3 atom stereocenters. The van der Waals surface area contributed by atoms with Crippen LogP contribution in [0.5, 0.6) is 0 Å². The standard InChI is InChI=1S/C28H27BrF4N6O4/c1-27(2,3)43-26(42)37-6-7-38-22-13(8-17(22)37)9-18-23(38)24(41)21-25(34-11-19(29)36-21)39(18)12-20(40)35-16-5-4-14(10-15(16)30)28(31,32)33/h4-5,10-11,13,17,22H,6-9,12H2,1-3H3,(H,35,40)/t13?,17-,22-/m0/s1. The Morgan fingerprint density at radius 1 is 1.19 bits per heavy atom. The molecule has 0 radical (unpaired) electrons. The summed E-state index contributed by atoms with van der Waals surface area (Å²) in [5.74, 6) is -1.88. The highest BCUT2D eigenvalue weighted by atomic mass is 79.9. The Labute approximate surface area is 251 Å². The van der Waals surface area contributed by atoms with Crippen molar-refractivity contribution in [2.45, 2.75) is 64.0 Å². The summed E-state index contributed by atoms with van der Waals surface area (Å²) in [7, 11) is 0. The molecule has 1 aromatic carbocycles. The lowest BCUT2D eigenvalue weighted by Crippen LogP contribution is -2.72. The fourth-order valence-electron chi connectivity index (χ4n) is 6.28. The van der Waals surface area contributed by atoms with Crippen molar-refractivity contribution in [3.8, 4) is 0 Å². The third kappa shape index (κ3) is 5.21. The second kappa shape index (κ2) is 10.2. The molecular formula is C28H27BrF4N6O4. The lowest BCUT2D eigenvalue weighted by Gasteiger charge is -2.60. The molecule has 6 rings (SSSR count). The highest BCUT2D eigenvalue weighted by molar-refractivity contribution is 9.10. The fraction of sp³-hybridized carbons (Fsp3) is 0.464. The van der Waals surface area contributed by atoms with Crippen molar-refractivity contribution in [1.82, 2.24) is 19.4 Å². The van der Waals surface area contributed by atoms with Gasteiger partial charge in [-0.15, -0.1) is 0 Å². The van der Waals surface area contributed by atoms with Crippen LogP contribution in [-0.4, -0.2) is 62.2 Å². The van der Waals surface area contributed by atoms with E-state index in [4.69, 9.17) is 4.74 Å². The van der Waals surface area contributed by atoms with Crippen molar-refractivity contribution in [3.05, 3.63) is 56.3 Å². The molecule has 43 heavy (non-hydrogen) atoms. The van der Waals surface area contributed by atoms with Gasteiger partial charge in [0.25, 0.3) is 0 Å². The number of carbonyl (C=O) groups excluding carboxylic acids is 2. The normalized spacial score (nSPS) is 21.2. The molecule has 1 saturated carbocycles. The van der Waals surface area contributed by atoms with Crippen LogP contribution in [0, 0.1) is 11.7 Å². The van der Waals surface area contributed by atoms with Crippen LogP contribution in [-0.2, 0) is 28.7 Å². The predicted molar refractivity (Wildman–Crippen MR) is 151 cm³/mol. The van der Waals surface area contributed by atoms with Gasteiger partial charge in [-0.3, -0.25) is 9.59 Å². The Morgan fingerprint density at radius 2 is 1.93 bits per heavy atom. The largest absolute Gasteiger partial charge is 0.444 e. The lowest BCUT2D eigenvalue weighted by molar-refractivity contribution is -0.137. The van der Waals surface area contributed by atoms with Gasteiger partial charge in [-0.2, -0.15) is 13.2 Å². The van der Waals surface area contributed by atoms with E-state index >= 15 is 0 Å². The van der Waals surface area contributed by atoms with Crippen molar-refractivity contribution in [2.75, 3.05) is 23.3 Å². The molecule has 2 amide bonds. The number of nitrogens with one attached hydrogen (secondary N) is 1. The van der Waals surface area contributed by atoms with E-state index in [1.807, 2.05) is 4.90 Å². The third-order valence-corrected chi connectivity index (χ3v) is 8.40. The average molecular weight is 667 g/mol. The van der Waals surface area contributed by atoms with Gasteiger partial charge in [0.2, 0.25) is 11.3 Å². The highest BCUT2D eigenvalue weighted by Gasteiger charge is 2.55. The Bertz CT molecular complexity index is 1720.